The number of carbonyl (C=O) groups excluding carboxylic acids is 2. The molecule has 1 atom stereocenters. The van der Waals surface area contributed by atoms with Gasteiger partial charge >= 0.3 is 5.97 Å². The Morgan fingerprint density at radius 3 is 2.68 bits per heavy atom. The number of thioether (sulfide) groups is 2. The predicted octanol–water partition coefficient (Wildman–Crippen LogP) is 4.52. The second-order valence-corrected chi connectivity index (χ2v) is 8.65. The summed E-state index contributed by atoms with van der Waals surface area (Å²) in [5.41, 5.74) is 3.13. The van der Waals surface area contributed by atoms with Crippen molar-refractivity contribution in [3.05, 3.63) is 65.2 Å². The number of benzene rings is 2. The topological polar surface area (TPSA) is 67.8 Å². The molecule has 7 heteroatoms. The predicted molar refractivity (Wildman–Crippen MR) is 117 cm³/mol. The molecule has 28 heavy (non-hydrogen) atoms. The van der Waals surface area contributed by atoms with Gasteiger partial charge in [-0.15, -0.1) is 0 Å². The van der Waals surface area contributed by atoms with Gasteiger partial charge in [-0.05, 0) is 37.6 Å². The van der Waals surface area contributed by atoms with Crippen LogP contribution in [0.25, 0.3) is 0 Å². The molecule has 5 nitrogen and oxygen atoms in total. The number of anilines is 1. The van der Waals surface area contributed by atoms with Crippen LogP contribution in [-0.4, -0.2) is 34.7 Å². The van der Waals surface area contributed by atoms with Gasteiger partial charge in [0.05, 0.1) is 12.1 Å². The molecule has 0 radical (unpaired) electrons. The minimum atomic E-state index is -0.899. The van der Waals surface area contributed by atoms with Crippen molar-refractivity contribution in [2.45, 2.75) is 25.7 Å². The van der Waals surface area contributed by atoms with Crippen molar-refractivity contribution in [3.8, 4) is 0 Å². The monoisotopic (exact) mass is 414 g/mol. The molecule has 1 amide bonds. The number of hydrogen-bond acceptors (Lipinski definition) is 6. The van der Waals surface area contributed by atoms with Crippen LogP contribution >= 0.6 is 23.5 Å². The third kappa shape index (κ3) is 5.62. The second kappa shape index (κ2) is 9.80. The molecule has 0 unspecified atom stereocenters. The summed E-state index contributed by atoms with van der Waals surface area (Å²) in [4.78, 5) is 29.4. The largest absolute Gasteiger partial charge is 0.449 e. The average molecular weight is 415 g/mol. The fourth-order valence-electron chi connectivity index (χ4n) is 2.55. The first kappa shape index (κ1) is 20.5. The maximum atomic E-state index is 12.6. The van der Waals surface area contributed by atoms with Gasteiger partial charge in [-0.3, -0.25) is 9.79 Å². The highest BCUT2D eigenvalue weighted by atomic mass is 32.2. The van der Waals surface area contributed by atoms with Crippen molar-refractivity contribution in [1.82, 2.24) is 0 Å². The molecule has 0 saturated heterocycles. The highest BCUT2D eigenvalue weighted by molar-refractivity contribution is 8.38. The Balaban J connectivity index is 1.60. The van der Waals surface area contributed by atoms with E-state index in [1.54, 1.807) is 42.6 Å². The van der Waals surface area contributed by atoms with Gasteiger partial charge in [0.1, 0.15) is 4.38 Å². The zero-order valence-electron chi connectivity index (χ0n) is 15.8. The molecule has 1 N–H and O–H groups in total. The Kier molecular flexibility index (Phi) is 7.17. The van der Waals surface area contributed by atoms with Crippen LogP contribution in [0.2, 0.25) is 0 Å². The van der Waals surface area contributed by atoms with Crippen LogP contribution in [0.3, 0.4) is 0 Å². The van der Waals surface area contributed by atoms with Crippen LogP contribution in [-0.2, 0) is 15.3 Å². The summed E-state index contributed by atoms with van der Waals surface area (Å²) in [6, 6.07) is 14.8. The van der Waals surface area contributed by atoms with Crippen LogP contribution < -0.4 is 5.32 Å². The lowest BCUT2D eigenvalue weighted by molar-refractivity contribution is -0.123. The third-order valence-electron chi connectivity index (χ3n) is 4.12. The van der Waals surface area contributed by atoms with E-state index >= 15 is 0 Å². The van der Waals surface area contributed by atoms with Crippen LogP contribution in [0.5, 0.6) is 0 Å². The van der Waals surface area contributed by atoms with Gasteiger partial charge in [0.25, 0.3) is 5.91 Å². The molecule has 0 aromatic heterocycles. The molecular formula is C21H22N2O3S2. The smallest absolute Gasteiger partial charge is 0.339 e. The molecule has 1 aliphatic rings. The molecule has 0 bridgehead atoms. The molecule has 1 aliphatic heterocycles. The Morgan fingerprint density at radius 2 is 1.96 bits per heavy atom. The summed E-state index contributed by atoms with van der Waals surface area (Å²) in [6.45, 7) is 4.40. The Labute approximate surface area is 173 Å². The normalized spacial score (nSPS) is 14.3. The molecule has 0 spiro atoms. The summed E-state index contributed by atoms with van der Waals surface area (Å²) >= 11 is 3.36. The van der Waals surface area contributed by atoms with Crippen molar-refractivity contribution in [2.75, 3.05) is 17.6 Å². The number of amides is 1. The van der Waals surface area contributed by atoms with E-state index in [9.17, 15) is 9.59 Å². The number of nitrogens with one attached hydrogen (secondary N) is 1. The van der Waals surface area contributed by atoms with Gasteiger partial charge in [-0.2, -0.15) is 0 Å². The van der Waals surface area contributed by atoms with E-state index in [2.05, 4.69) is 10.3 Å². The van der Waals surface area contributed by atoms with Crippen LogP contribution in [0.4, 0.5) is 5.69 Å². The zero-order valence-corrected chi connectivity index (χ0v) is 17.4. The highest BCUT2D eigenvalue weighted by Crippen LogP contribution is 2.26. The summed E-state index contributed by atoms with van der Waals surface area (Å²) in [7, 11) is 0. The molecular weight excluding hydrogens is 392 g/mol. The lowest BCUT2D eigenvalue weighted by Crippen LogP contribution is -2.30. The van der Waals surface area contributed by atoms with Gasteiger partial charge in [0.2, 0.25) is 0 Å². The first-order chi connectivity index (χ1) is 13.5. The summed E-state index contributed by atoms with van der Waals surface area (Å²) in [5, 5.41) is 2.76. The molecule has 0 saturated carbocycles. The number of esters is 1. The van der Waals surface area contributed by atoms with E-state index in [1.807, 2.05) is 43.3 Å². The molecule has 0 fully saturated rings. The number of hydrogen-bond donors (Lipinski definition) is 1. The van der Waals surface area contributed by atoms with E-state index in [-0.39, 0.29) is 5.91 Å². The fourth-order valence-corrected chi connectivity index (χ4v) is 4.56. The van der Waals surface area contributed by atoms with E-state index in [0.29, 0.717) is 17.0 Å². The number of aryl methyl sites for hydroxylation is 1. The van der Waals surface area contributed by atoms with Gasteiger partial charge in [0, 0.05) is 17.2 Å². The minimum absolute atomic E-state index is 0.360. The molecule has 0 aliphatic carbocycles. The highest BCUT2D eigenvalue weighted by Gasteiger charge is 2.21. The zero-order chi connectivity index (χ0) is 19.9. The van der Waals surface area contributed by atoms with E-state index in [4.69, 9.17) is 4.74 Å². The first-order valence-electron chi connectivity index (χ1n) is 8.99. The fraction of sp³-hybridized carbons (Fsp3) is 0.286. The van der Waals surface area contributed by atoms with Crippen molar-refractivity contribution < 1.29 is 14.3 Å². The van der Waals surface area contributed by atoms with Crippen molar-refractivity contribution in [3.63, 3.8) is 0 Å². The quantitative estimate of drug-likeness (QED) is 0.704. The Hall–Kier alpha value is -2.25. The molecule has 1 heterocycles. The van der Waals surface area contributed by atoms with Crippen LogP contribution in [0.15, 0.2) is 53.5 Å². The van der Waals surface area contributed by atoms with Crippen molar-refractivity contribution in [1.29, 1.82) is 0 Å². The first-order valence-corrected chi connectivity index (χ1v) is 11.0. The van der Waals surface area contributed by atoms with Gasteiger partial charge in [0.15, 0.2) is 6.10 Å². The molecule has 2 aromatic carbocycles. The molecule has 3 rings (SSSR count). The number of ether oxygens (including phenoxy) is 1. The molecule has 146 valence electrons. The average Bonchev–Trinajstić information content (AvgIpc) is 3.22. The standard InChI is InChI=1S/C21H22N2O3S2/c1-14-7-9-17(10-8-14)23-19(24)15(2)26-20(25)18-6-4-3-5-16(18)13-28-21-22-11-12-27-21/h3-10,15H,11-13H2,1-2H3,(H,23,24)/t15-/m0/s1. The van der Waals surface area contributed by atoms with Gasteiger partial charge in [-0.25, -0.2) is 4.79 Å². The van der Waals surface area contributed by atoms with Crippen LogP contribution in [0.1, 0.15) is 28.4 Å². The minimum Gasteiger partial charge on any atom is -0.449 e. The van der Waals surface area contributed by atoms with E-state index in [1.165, 1.54) is 0 Å². The van der Waals surface area contributed by atoms with Gasteiger partial charge < -0.3 is 10.1 Å². The summed E-state index contributed by atoms with van der Waals surface area (Å²) < 4.78 is 6.46. The molecule has 2 aromatic rings. The van der Waals surface area contributed by atoms with Crippen molar-refractivity contribution >= 4 is 45.5 Å². The Morgan fingerprint density at radius 1 is 1.21 bits per heavy atom. The number of nitrogens with zero attached hydrogens (tertiary/aromatic N) is 1. The van der Waals surface area contributed by atoms with Crippen molar-refractivity contribution in [2.24, 2.45) is 4.99 Å². The van der Waals surface area contributed by atoms with E-state index in [0.717, 1.165) is 27.8 Å². The number of rotatable bonds is 6. The lowest BCUT2D eigenvalue weighted by atomic mass is 10.1. The van der Waals surface area contributed by atoms with Crippen LogP contribution in [0, 0.1) is 6.92 Å². The number of aliphatic imine (C=N–C) groups is 1. The maximum Gasteiger partial charge on any atom is 0.339 e. The third-order valence-corrected chi connectivity index (χ3v) is 6.42. The maximum absolute atomic E-state index is 12.6. The second-order valence-electron chi connectivity index (χ2n) is 6.34. The summed E-state index contributed by atoms with van der Waals surface area (Å²) in [6.07, 6.45) is -0.899. The summed E-state index contributed by atoms with van der Waals surface area (Å²) in [5.74, 6) is 0.797. The van der Waals surface area contributed by atoms with Gasteiger partial charge in [-0.1, -0.05) is 59.4 Å². The lowest BCUT2D eigenvalue weighted by Gasteiger charge is -2.15. The number of carbonyl (C=O) groups is 2. The SMILES string of the molecule is Cc1ccc(NC(=O)[C@H](C)OC(=O)c2ccccc2CSC2=NCCS2)cc1. The Bertz CT molecular complexity index is 881. The van der Waals surface area contributed by atoms with E-state index < -0.39 is 12.1 Å².